The summed E-state index contributed by atoms with van der Waals surface area (Å²) in [6.45, 7) is 17.9. The van der Waals surface area contributed by atoms with Gasteiger partial charge in [-0.05, 0) is 76.3 Å². The number of terminal acetylenes is 1. The lowest BCUT2D eigenvalue weighted by molar-refractivity contribution is 0.0192. The zero-order chi connectivity index (χ0) is 38.3. The minimum atomic E-state index is -3.59. The van der Waals surface area contributed by atoms with E-state index in [1.807, 2.05) is 71.9 Å². The molecule has 0 aliphatic carbocycles. The number of sulfonamides is 1. The van der Waals surface area contributed by atoms with E-state index in [4.69, 9.17) is 4.74 Å². The van der Waals surface area contributed by atoms with Crippen LogP contribution in [0.15, 0.2) is 81.2 Å². The number of ether oxygens (including phenoxy) is 1. The van der Waals surface area contributed by atoms with Crippen LogP contribution in [0.25, 0.3) is 0 Å². The van der Waals surface area contributed by atoms with Gasteiger partial charge in [-0.2, -0.15) is 4.31 Å². The lowest BCUT2D eigenvalue weighted by atomic mass is 9.98. The van der Waals surface area contributed by atoms with Crippen LogP contribution in [0.5, 0.6) is 5.75 Å². The average Bonchev–Trinajstić information content (AvgIpc) is 3.13. The van der Waals surface area contributed by atoms with Gasteiger partial charge in [0.15, 0.2) is 0 Å². The Bertz CT molecular complexity index is 1470. The molecule has 3 atom stereocenters. The Kier molecular flexibility index (Phi) is 23.3. The number of hydrogen-bond acceptors (Lipinski definition) is 7. The van der Waals surface area contributed by atoms with E-state index >= 15 is 0 Å². The summed E-state index contributed by atoms with van der Waals surface area (Å²) in [7, 11) is 2.45. The molecule has 0 saturated carbocycles. The molecular weight excluding hydrogens is 664 g/mol. The maximum absolute atomic E-state index is 13.5. The van der Waals surface area contributed by atoms with Crippen LogP contribution in [0.2, 0.25) is 0 Å². The lowest BCUT2D eigenvalue weighted by Gasteiger charge is -2.32. The summed E-state index contributed by atoms with van der Waals surface area (Å²) in [5.41, 5.74) is 3.06. The quantitative estimate of drug-likeness (QED) is 0.102. The van der Waals surface area contributed by atoms with Gasteiger partial charge in [-0.3, -0.25) is 4.99 Å². The lowest BCUT2D eigenvalue weighted by Crippen LogP contribution is -2.42. The van der Waals surface area contributed by atoms with Crippen molar-refractivity contribution in [3.05, 3.63) is 82.4 Å². The SMILES string of the molecule is C#C.CC.CCCCC.CN=C/C(P)=C(\C)NC(/C=C(\C)NCC1CCCN(S(=O)(=O)c2ccc(C(C)(C)OC)cc2)C1)c1ccccc1O. The minimum absolute atomic E-state index is 0.172. The van der Waals surface area contributed by atoms with Crippen LogP contribution in [0, 0.1) is 18.8 Å². The van der Waals surface area contributed by atoms with Crippen molar-refractivity contribution in [2.24, 2.45) is 10.9 Å². The normalized spacial score (nSPS) is 16.3. The van der Waals surface area contributed by atoms with Gasteiger partial charge in [-0.1, -0.05) is 77.3 Å². The van der Waals surface area contributed by atoms with Crippen molar-refractivity contribution in [2.75, 3.05) is 33.8 Å². The van der Waals surface area contributed by atoms with Gasteiger partial charge in [0.2, 0.25) is 10.0 Å². The van der Waals surface area contributed by atoms with Crippen LogP contribution < -0.4 is 10.6 Å². The predicted molar refractivity (Wildman–Crippen MR) is 217 cm³/mol. The smallest absolute Gasteiger partial charge is 0.243 e. The fourth-order valence-electron chi connectivity index (χ4n) is 5.19. The first-order valence-corrected chi connectivity index (χ1v) is 19.7. The van der Waals surface area contributed by atoms with Gasteiger partial charge < -0.3 is 20.5 Å². The highest BCUT2D eigenvalue weighted by Gasteiger charge is 2.31. The molecule has 0 bridgehead atoms. The monoisotopic (exact) mass is 728 g/mol. The molecule has 1 saturated heterocycles. The van der Waals surface area contributed by atoms with Crippen molar-refractivity contribution in [1.82, 2.24) is 14.9 Å². The largest absolute Gasteiger partial charge is 0.508 e. The zero-order valence-corrected chi connectivity index (χ0v) is 34.3. The Morgan fingerprint density at radius 2 is 1.72 bits per heavy atom. The average molecular weight is 729 g/mol. The number of unbranched alkanes of at least 4 members (excludes halogenated alkanes) is 2. The fraction of sp³-hybridized carbons (Fsp3) is 0.525. The molecule has 1 heterocycles. The van der Waals surface area contributed by atoms with E-state index in [0.29, 0.717) is 24.5 Å². The van der Waals surface area contributed by atoms with Crippen molar-refractivity contribution < 1.29 is 18.3 Å². The molecule has 0 spiro atoms. The number of aliphatic imine (C=N–C) groups is 1. The van der Waals surface area contributed by atoms with E-state index in [9.17, 15) is 13.5 Å². The highest BCUT2D eigenvalue weighted by molar-refractivity contribution is 7.89. The molecule has 50 heavy (non-hydrogen) atoms. The summed E-state index contributed by atoms with van der Waals surface area (Å²) in [5.74, 6) is 0.384. The second kappa shape index (κ2) is 24.9. The van der Waals surface area contributed by atoms with Gasteiger partial charge in [0, 0.05) is 62.3 Å². The Morgan fingerprint density at radius 1 is 1.12 bits per heavy atom. The number of allylic oxidation sites excluding steroid dienone is 3. The summed E-state index contributed by atoms with van der Waals surface area (Å²) in [4.78, 5) is 4.39. The molecule has 1 aliphatic heterocycles. The molecule has 1 aliphatic rings. The number of piperidine rings is 1. The van der Waals surface area contributed by atoms with Gasteiger partial charge in [-0.25, -0.2) is 8.42 Å². The van der Waals surface area contributed by atoms with Crippen LogP contribution in [0.1, 0.15) is 105 Å². The van der Waals surface area contributed by atoms with Gasteiger partial charge in [-0.15, -0.1) is 22.1 Å². The van der Waals surface area contributed by atoms with Gasteiger partial charge in [0.1, 0.15) is 5.75 Å². The zero-order valence-electron chi connectivity index (χ0n) is 32.3. The maximum Gasteiger partial charge on any atom is 0.243 e. The number of nitrogens with zero attached hydrogens (tertiary/aromatic N) is 2. The number of rotatable bonds is 14. The first-order chi connectivity index (χ1) is 23.8. The molecule has 10 heteroatoms. The molecule has 0 aromatic heterocycles. The molecule has 280 valence electrons. The summed E-state index contributed by atoms with van der Waals surface area (Å²) in [6.07, 6.45) is 17.6. The third-order valence-electron chi connectivity index (χ3n) is 8.32. The topological polar surface area (TPSA) is 103 Å². The Morgan fingerprint density at radius 3 is 2.24 bits per heavy atom. The van der Waals surface area contributed by atoms with Crippen LogP contribution in [-0.4, -0.2) is 57.8 Å². The number of hydrogen-bond donors (Lipinski definition) is 3. The number of phenols is 1. The van der Waals surface area contributed by atoms with Crippen molar-refractivity contribution in [1.29, 1.82) is 0 Å². The predicted octanol–water partition coefficient (Wildman–Crippen LogP) is 8.78. The highest BCUT2D eigenvalue weighted by atomic mass is 32.2. The second-order valence-corrected chi connectivity index (χ2v) is 14.9. The second-order valence-electron chi connectivity index (χ2n) is 12.3. The van der Waals surface area contributed by atoms with Gasteiger partial charge in [0.05, 0.1) is 16.5 Å². The molecule has 1 fully saturated rings. The molecular formula is C40H65N4O4PS. The Labute approximate surface area is 307 Å². The molecule has 3 N–H and O–H groups in total. The van der Waals surface area contributed by atoms with E-state index in [-0.39, 0.29) is 17.7 Å². The van der Waals surface area contributed by atoms with E-state index < -0.39 is 15.6 Å². The van der Waals surface area contributed by atoms with E-state index in [1.54, 1.807) is 48.9 Å². The molecule has 8 nitrogen and oxygen atoms in total. The number of para-hydroxylation sites is 1. The highest BCUT2D eigenvalue weighted by Crippen LogP contribution is 2.29. The number of methoxy groups -OCH3 is 1. The maximum atomic E-state index is 13.5. The van der Waals surface area contributed by atoms with Crippen molar-refractivity contribution in [3.8, 4) is 18.6 Å². The molecule has 0 radical (unpaired) electrons. The molecule has 2 aromatic carbocycles. The number of benzene rings is 2. The number of aromatic hydroxyl groups is 1. The van der Waals surface area contributed by atoms with Gasteiger partial charge in [0.25, 0.3) is 0 Å². The summed E-state index contributed by atoms with van der Waals surface area (Å²) < 4.78 is 34.0. The van der Waals surface area contributed by atoms with Gasteiger partial charge >= 0.3 is 0 Å². The molecule has 0 amide bonds. The number of phenolic OH excluding ortho intramolecular Hbond substituents is 1. The Balaban J connectivity index is 0.00000241. The standard InChI is InChI=1S/C31H45N4O4PS.C5H12.C2H6.C2H2/c1-22(18-28(27-11-7-8-12-29(27)36)34-23(2)30(40)20-32-5)33-19-24-10-9-17-35(21-24)41(37,38)26-15-13-25(14-16-26)31(3,4)39-6;1-3-5-4-2;2*1-2/h7-8,11-16,18,20,24,28,33-34,36H,9-10,17,19,21,40H2,1-6H3;3-5H2,1-2H3;1-2H3;1-2H/b22-18+,30-23-,32-20?;;;. The van der Waals surface area contributed by atoms with Crippen molar-refractivity contribution >= 4 is 25.5 Å². The minimum Gasteiger partial charge on any atom is -0.508 e. The third kappa shape index (κ3) is 15.4. The van der Waals surface area contributed by atoms with Crippen molar-refractivity contribution in [3.63, 3.8) is 0 Å². The van der Waals surface area contributed by atoms with E-state index in [1.165, 1.54) is 19.3 Å². The summed E-state index contributed by atoms with van der Waals surface area (Å²) in [5, 5.41) is 18.5. The summed E-state index contributed by atoms with van der Waals surface area (Å²) >= 11 is 0. The summed E-state index contributed by atoms with van der Waals surface area (Å²) in [6, 6.07) is 14.0. The van der Waals surface area contributed by atoms with E-state index in [2.05, 4.69) is 51.6 Å². The fourth-order valence-corrected chi connectivity index (χ4v) is 6.97. The first kappa shape index (κ1) is 46.9. The van der Waals surface area contributed by atoms with Crippen LogP contribution in [-0.2, 0) is 20.4 Å². The molecule has 2 aromatic rings. The third-order valence-corrected chi connectivity index (χ3v) is 10.8. The van der Waals surface area contributed by atoms with Crippen LogP contribution >= 0.6 is 9.24 Å². The van der Waals surface area contributed by atoms with Crippen LogP contribution in [0.3, 0.4) is 0 Å². The number of nitrogens with one attached hydrogen (secondary N) is 2. The first-order valence-electron chi connectivity index (χ1n) is 17.6. The molecule has 3 unspecified atom stereocenters. The Hall–Kier alpha value is -3.15. The van der Waals surface area contributed by atoms with Crippen molar-refractivity contribution in [2.45, 2.75) is 104 Å². The van der Waals surface area contributed by atoms with E-state index in [0.717, 1.165) is 40.7 Å². The van der Waals surface area contributed by atoms with Crippen LogP contribution in [0.4, 0.5) is 0 Å². The molecule has 3 rings (SSSR count).